The molecular weight excluding hydrogens is 302 g/mol. The van der Waals surface area contributed by atoms with Gasteiger partial charge in [-0.25, -0.2) is 8.93 Å². The summed E-state index contributed by atoms with van der Waals surface area (Å²) in [6.07, 6.45) is 0.832. The Labute approximate surface area is 131 Å². The first kappa shape index (κ1) is 15.4. The number of benzene rings is 1. The zero-order chi connectivity index (χ0) is 15.7. The second-order valence-corrected chi connectivity index (χ2v) is 6.35. The first-order valence-electron chi connectivity index (χ1n) is 7.25. The molecule has 1 aliphatic rings. The van der Waals surface area contributed by atoms with Gasteiger partial charge in [0, 0.05) is 23.1 Å². The maximum atomic E-state index is 11.9. The van der Waals surface area contributed by atoms with Gasteiger partial charge in [0.1, 0.15) is 5.78 Å². The lowest BCUT2D eigenvalue weighted by Crippen LogP contribution is -2.39. The quantitative estimate of drug-likeness (QED) is 0.877. The van der Waals surface area contributed by atoms with Crippen LogP contribution < -0.4 is 4.72 Å². The molecule has 0 aliphatic carbocycles. The lowest BCUT2D eigenvalue weighted by Gasteiger charge is -2.25. The van der Waals surface area contributed by atoms with Crippen LogP contribution in [0.15, 0.2) is 24.3 Å². The average Bonchev–Trinajstić information content (AvgIpc) is 2.84. The van der Waals surface area contributed by atoms with Gasteiger partial charge >= 0.3 is 0 Å². The molecule has 0 spiro atoms. The zero-order valence-corrected chi connectivity index (χ0v) is 13.4. The van der Waals surface area contributed by atoms with Crippen molar-refractivity contribution in [3.8, 4) is 0 Å². The van der Waals surface area contributed by atoms with E-state index in [9.17, 15) is 9.00 Å². The normalized spacial score (nSPS) is 18.1. The van der Waals surface area contributed by atoms with Gasteiger partial charge in [-0.05, 0) is 31.9 Å². The molecule has 22 heavy (non-hydrogen) atoms. The Hall–Kier alpha value is -1.54. The Morgan fingerprint density at radius 3 is 3.00 bits per heavy atom. The van der Waals surface area contributed by atoms with Gasteiger partial charge in [0.05, 0.1) is 12.6 Å². The second kappa shape index (κ2) is 6.29. The molecule has 2 aromatic rings. The lowest BCUT2D eigenvalue weighted by molar-refractivity contribution is -0.118. The van der Waals surface area contributed by atoms with Gasteiger partial charge in [0.2, 0.25) is 0 Å². The SMILES string of the molecule is CC(=O)[C@@H](C)NS(=O)ON1CCc2c([nH]c3ccccc23)C1. The van der Waals surface area contributed by atoms with Gasteiger partial charge < -0.3 is 4.98 Å². The fourth-order valence-corrected chi connectivity index (χ4v) is 3.39. The van der Waals surface area contributed by atoms with Gasteiger partial charge in [-0.1, -0.05) is 18.2 Å². The molecular formula is C15H19N3O3S. The van der Waals surface area contributed by atoms with Crippen molar-refractivity contribution in [1.29, 1.82) is 0 Å². The molecule has 2 N–H and O–H groups in total. The molecule has 7 heteroatoms. The topological polar surface area (TPSA) is 74.4 Å². The van der Waals surface area contributed by atoms with Crippen molar-refractivity contribution in [3.63, 3.8) is 0 Å². The molecule has 0 saturated heterocycles. The number of fused-ring (bicyclic) bond motifs is 3. The van der Waals surface area contributed by atoms with E-state index in [2.05, 4.69) is 15.8 Å². The third kappa shape index (κ3) is 3.12. The summed E-state index contributed by atoms with van der Waals surface area (Å²) >= 11 is -1.72. The predicted octanol–water partition coefficient (Wildman–Crippen LogP) is 1.60. The van der Waals surface area contributed by atoms with Crippen molar-refractivity contribution in [3.05, 3.63) is 35.5 Å². The summed E-state index contributed by atoms with van der Waals surface area (Å²) in [5.41, 5.74) is 3.49. The summed E-state index contributed by atoms with van der Waals surface area (Å²) < 4.78 is 19.9. The largest absolute Gasteiger partial charge is 0.357 e. The predicted molar refractivity (Wildman–Crippen MR) is 84.9 cm³/mol. The third-order valence-electron chi connectivity index (χ3n) is 3.90. The van der Waals surface area contributed by atoms with Crippen LogP contribution in [0.3, 0.4) is 0 Å². The average molecular weight is 321 g/mol. The highest BCUT2D eigenvalue weighted by Gasteiger charge is 2.23. The first-order chi connectivity index (χ1) is 10.5. The van der Waals surface area contributed by atoms with E-state index in [4.69, 9.17) is 4.28 Å². The van der Waals surface area contributed by atoms with Crippen LogP contribution in [0.25, 0.3) is 10.9 Å². The Kier molecular flexibility index (Phi) is 4.39. The van der Waals surface area contributed by atoms with Crippen LogP contribution in [0.2, 0.25) is 0 Å². The number of H-pyrrole nitrogens is 1. The molecule has 2 heterocycles. The Morgan fingerprint density at radius 2 is 2.23 bits per heavy atom. The highest BCUT2D eigenvalue weighted by atomic mass is 32.2. The summed E-state index contributed by atoms with van der Waals surface area (Å²) in [6, 6.07) is 7.69. The smallest absolute Gasteiger partial charge is 0.252 e. The number of Topliss-reactive ketones (excluding diaryl/α,β-unsaturated/α-hetero) is 1. The van der Waals surface area contributed by atoms with Gasteiger partial charge in [-0.3, -0.25) is 4.79 Å². The molecule has 0 bridgehead atoms. The van der Waals surface area contributed by atoms with Crippen molar-refractivity contribution in [2.24, 2.45) is 0 Å². The Balaban J connectivity index is 1.67. The Bertz CT molecular complexity index is 728. The van der Waals surface area contributed by atoms with Crippen LogP contribution in [-0.4, -0.2) is 32.6 Å². The number of aromatic nitrogens is 1. The van der Waals surface area contributed by atoms with Crippen molar-refractivity contribution in [2.75, 3.05) is 6.54 Å². The molecule has 6 nitrogen and oxygen atoms in total. The molecule has 118 valence electrons. The number of nitrogens with zero attached hydrogens (tertiary/aromatic N) is 1. The highest BCUT2D eigenvalue weighted by molar-refractivity contribution is 7.78. The summed E-state index contributed by atoms with van der Waals surface area (Å²) in [5, 5.41) is 2.90. The van der Waals surface area contributed by atoms with Crippen LogP contribution >= 0.6 is 0 Å². The highest BCUT2D eigenvalue weighted by Crippen LogP contribution is 2.27. The summed E-state index contributed by atoms with van der Waals surface area (Å²) in [4.78, 5) is 14.5. The summed E-state index contributed by atoms with van der Waals surface area (Å²) in [5.74, 6) is -0.0755. The maximum absolute atomic E-state index is 11.9. The van der Waals surface area contributed by atoms with E-state index >= 15 is 0 Å². The number of ketones is 1. The van der Waals surface area contributed by atoms with Crippen LogP contribution in [0.1, 0.15) is 25.1 Å². The number of aromatic amines is 1. The van der Waals surface area contributed by atoms with E-state index in [-0.39, 0.29) is 5.78 Å². The van der Waals surface area contributed by atoms with E-state index in [1.165, 1.54) is 17.9 Å². The van der Waals surface area contributed by atoms with Crippen LogP contribution in [0.5, 0.6) is 0 Å². The molecule has 3 rings (SSSR count). The lowest BCUT2D eigenvalue weighted by atomic mass is 10.0. The molecule has 2 atom stereocenters. The van der Waals surface area contributed by atoms with E-state index < -0.39 is 17.3 Å². The van der Waals surface area contributed by atoms with Crippen LogP contribution in [-0.2, 0) is 33.3 Å². The number of carbonyl (C=O) groups is 1. The van der Waals surface area contributed by atoms with Crippen LogP contribution in [0.4, 0.5) is 0 Å². The fourth-order valence-electron chi connectivity index (χ4n) is 2.58. The zero-order valence-electron chi connectivity index (χ0n) is 12.6. The molecule has 1 aliphatic heterocycles. The molecule has 1 unspecified atom stereocenters. The fraction of sp³-hybridized carbons (Fsp3) is 0.400. The van der Waals surface area contributed by atoms with E-state index in [0.29, 0.717) is 13.1 Å². The number of para-hydroxylation sites is 1. The number of hydrogen-bond acceptors (Lipinski definition) is 4. The van der Waals surface area contributed by atoms with E-state index in [1.54, 1.807) is 12.0 Å². The number of rotatable bonds is 5. The van der Waals surface area contributed by atoms with Crippen molar-refractivity contribution in [2.45, 2.75) is 32.9 Å². The molecule has 1 aromatic carbocycles. The number of hydroxylamine groups is 2. The third-order valence-corrected chi connectivity index (χ3v) is 4.80. The monoisotopic (exact) mass is 321 g/mol. The van der Waals surface area contributed by atoms with Gasteiger partial charge in [-0.2, -0.15) is 9.35 Å². The van der Waals surface area contributed by atoms with Crippen LogP contribution in [0, 0.1) is 0 Å². The van der Waals surface area contributed by atoms with Crippen molar-refractivity contribution >= 4 is 28.0 Å². The summed E-state index contributed by atoms with van der Waals surface area (Å²) in [6.45, 7) is 4.32. The maximum Gasteiger partial charge on any atom is 0.252 e. The van der Waals surface area contributed by atoms with E-state index in [1.807, 2.05) is 18.2 Å². The van der Waals surface area contributed by atoms with Crippen molar-refractivity contribution in [1.82, 2.24) is 14.8 Å². The Morgan fingerprint density at radius 1 is 1.45 bits per heavy atom. The first-order valence-corrected chi connectivity index (χ1v) is 8.32. The molecule has 0 fully saturated rings. The van der Waals surface area contributed by atoms with Gasteiger partial charge in [0.25, 0.3) is 11.3 Å². The minimum Gasteiger partial charge on any atom is -0.357 e. The molecule has 0 radical (unpaired) electrons. The van der Waals surface area contributed by atoms with Gasteiger partial charge in [0.15, 0.2) is 0 Å². The standard InChI is InChI=1S/C15H19N3O3S/c1-10(11(2)19)17-22(20)21-18-8-7-13-12-5-3-4-6-14(12)16-15(13)9-18/h3-6,10,16-17H,7-9H2,1-2H3/t10-,22?/m1/s1. The van der Waals surface area contributed by atoms with E-state index in [0.717, 1.165) is 17.6 Å². The molecule has 0 amide bonds. The van der Waals surface area contributed by atoms with Gasteiger partial charge in [-0.15, -0.1) is 0 Å². The molecule has 1 aromatic heterocycles. The second-order valence-electron chi connectivity index (χ2n) is 5.50. The molecule has 0 saturated carbocycles. The number of hydrogen-bond donors (Lipinski definition) is 2. The number of nitrogens with one attached hydrogen (secondary N) is 2. The minimum atomic E-state index is -1.72. The number of carbonyl (C=O) groups excluding carboxylic acids is 1. The summed E-state index contributed by atoms with van der Waals surface area (Å²) in [7, 11) is 0. The minimum absolute atomic E-state index is 0.0755. The van der Waals surface area contributed by atoms with Crippen molar-refractivity contribution < 1.29 is 13.3 Å².